The van der Waals surface area contributed by atoms with Crippen LogP contribution in [0.15, 0.2) is 47.0 Å². The van der Waals surface area contributed by atoms with E-state index in [1.54, 1.807) is 4.90 Å². The van der Waals surface area contributed by atoms with Gasteiger partial charge in [-0.05, 0) is 62.7 Å². The van der Waals surface area contributed by atoms with Gasteiger partial charge >= 0.3 is 0 Å². The molecule has 0 unspecified atom stereocenters. The van der Waals surface area contributed by atoms with E-state index in [0.717, 1.165) is 45.0 Å². The predicted molar refractivity (Wildman–Crippen MR) is 114 cm³/mol. The quantitative estimate of drug-likeness (QED) is 0.469. The first-order valence-electron chi connectivity index (χ1n) is 9.77. The van der Waals surface area contributed by atoms with Crippen molar-refractivity contribution in [2.75, 3.05) is 6.54 Å². The van der Waals surface area contributed by atoms with Crippen molar-refractivity contribution in [3.63, 3.8) is 0 Å². The van der Waals surface area contributed by atoms with Crippen molar-refractivity contribution in [1.29, 1.82) is 0 Å². The Kier molecular flexibility index (Phi) is 4.51. The minimum Gasteiger partial charge on any atom is -0.356 e. The highest BCUT2D eigenvalue weighted by Gasteiger charge is 2.28. The van der Waals surface area contributed by atoms with Crippen molar-refractivity contribution in [1.82, 2.24) is 20.0 Å². The van der Waals surface area contributed by atoms with Crippen molar-refractivity contribution in [3.8, 4) is 11.3 Å². The standard InChI is InChI=1S/C23H19ClN4O2/c1-13-14(2)26-20-11-16(5-8-19(20)25-13)23(29)28-10-9-18-21(12-28)27-30-22(18)15-3-6-17(24)7-4-15/h3-8,11H,9-10,12H2,1-2H3. The summed E-state index contributed by atoms with van der Waals surface area (Å²) in [5.41, 5.74) is 6.67. The molecule has 30 heavy (non-hydrogen) atoms. The Hall–Kier alpha value is -3.25. The predicted octanol–water partition coefficient (Wildman–Crippen LogP) is 4.75. The smallest absolute Gasteiger partial charge is 0.254 e. The van der Waals surface area contributed by atoms with Gasteiger partial charge in [-0.3, -0.25) is 4.79 Å². The van der Waals surface area contributed by atoms with Crippen LogP contribution in [0, 0.1) is 13.8 Å². The molecule has 6 nitrogen and oxygen atoms in total. The molecule has 4 aromatic rings. The third-order valence-electron chi connectivity index (χ3n) is 5.56. The molecule has 3 heterocycles. The molecular formula is C23H19ClN4O2. The van der Waals surface area contributed by atoms with Crippen LogP contribution in [0.25, 0.3) is 22.4 Å². The molecule has 2 aromatic heterocycles. The topological polar surface area (TPSA) is 72.1 Å². The van der Waals surface area contributed by atoms with Crippen LogP contribution in [0.5, 0.6) is 0 Å². The van der Waals surface area contributed by atoms with E-state index < -0.39 is 0 Å². The molecule has 2 aromatic carbocycles. The third kappa shape index (κ3) is 3.23. The molecule has 0 N–H and O–H groups in total. The highest BCUT2D eigenvalue weighted by Crippen LogP contribution is 2.31. The number of aryl methyl sites for hydroxylation is 2. The summed E-state index contributed by atoms with van der Waals surface area (Å²) in [7, 11) is 0. The molecule has 1 amide bonds. The van der Waals surface area contributed by atoms with Crippen molar-refractivity contribution >= 4 is 28.5 Å². The van der Waals surface area contributed by atoms with Crippen LogP contribution in [-0.4, -0.2) is 32.5 Å². The number of amides is 1. The average Bonchev–Trinajstić information content (AvgIpc) is 3.17. The number of hydrogen-bond acceptors (Lipinski definition) is 5. The highest BCUT2D eigenvalue weighted by atomic mass is 35.5. The molecular weight excluding hydrogens is 400 g/mol. The number of carbonyl (C=O) groups excluding carboxylic acids is 1. The van der Waals surface area contributed by atoms with E-state index in [-0.39, 0.29) is 5.91 Å². The average molecular weight is 419 g/mol. The van der Waals surface area contributed by atoms with Crippen LogP contribution in [0.2, 0.25) is 5.02 Å². The highest BCUT2D eigenvalue weighted by molar-refractivity contribution is 6.30. The van der Waals surface area contributed by atoms with Crippen LogP contribution >= 0.6 is 11.6 Å². The van der Waals surface area contributed by atoms with E-state index in [0.29, 0.717) is 30.1 Å². The third-order valence-corrected chi connectivity index (χ3v) is 5.81. The number of halogens is 1. The summed E-state index contributed by atoms with van der Waals surface area (Å²) in [4.78, 5) is 24.0. The van der Waals surface area contributed by atoms with Gasteiger partial charge in [0.1, 0.15) is 5.69 Å². The maximum Gasteiger partial charge on any atom is 0.254 e. The molecule has 0 atom stereocenters. The summed E-state index contributed by atoms with van der Waals surface area (Å²) in [5, 5.41) is 4.90. The molecule has 0 fully saturated rings. The van der Waals surface area contributed by atoms with E-state index in [1.165, 1.54) is 0 Å². The van der Waals surface area contributed by atoms with E-state index in [4.69, 9.17) is 16.1 Å². The van der Waals surface area contributed by atoms with Gasteiger partial charge in [0.15, 0.2) is 5.76 Å². The van der Waals surface area contributed by atoms with Gasteiger partial charge in [0, 0.05) is 28.3 Å². The first-order valence-corrected chi connectivity index (χ1v) is 10.1. The van der Waals surface area contributed by atoms with Gasteiger partial charge in [-0.1, -0.05) is 16.8 Å². The lowest BCUT2D eigenvalue weighted by atomic mass is 10.00. The van der Waals surface area contributed by atoms with Crippen LogP contribution in [0.3, 0.4) is 0 Å². The molecule has 1 aliphatic rings. The summed E-state index contributed by atoms with van der Waals surface area (Å²) < 4.78 is 5.61. The molecule has 0 saturated carbocycles. The molecule has 150 valence electrons. The monoisotopic (exact) mass is 418 g/mol. The van der Waals surface area contributed by atoms with Crippen LogP contribution in [0.1, 0.15) is 33.0 Å². The molecule has 0 spiro atoms. The SMILES string of the molecule is Cc1nc2ccc(C(=O)N3CCc4c(noc4-c4ccc(Cl)cc4)C3)cc2nc1C. The molecule has 0 saturated heterocycles. The normalized spacial score (nSPS) is 13.5. The van der Waals surface area contributed by atoms with Crippen LogP contribution in [0.4, 0.5) is 0 Å². The summed E-state index contributed by atoms with van der Waals surface area (Å²) in [6.45, 7) is 4.87. The minimum absolute atomic E-state index is 0.0429. The zero-order valence-electron chi connectivity index (χ0n) is 16.6. The van der Waals surface area contributed by atoms with Gasteiger partial charge in [-0.15, -0.1) is 0 Å². The van der Waals surface area contributed by atoms with Crippen molar-refractivity contribution in [2.24, 2.45) is 0 Å². The number of rotatable bonds is 2. The zero-order chi connectivity index (χ0) is 20.8. The molecule has 0 radical (unpaired) electrons. The van der Waals surface area contributed by atoms with Crippen molar-refractivity contribution in [3.05, 3.63) is 75.7 Å². The minimum atomic E-state index is -0.0429. The lowest BCUT2D eigenvalue weighted by Crippen LogP contribution is -2.36. The van der Waals surface area contributed by atoms with Gasteiger partial charge in [0.25, 0.3) is 5.91 Å². The summed E-state index contributed by atoms with van der Waals surface area (Å²) in [5.74, 6) is 0.708. The van der Waals surface area contributed by atoms with Gasteiger partial charge in [0.05, 0.1) is 29.0 Å². The van der Waals surface area contributed by atoms with Gasteiger partial charge < -0.3 is 9.42 Å². The largest absolute Gasteiger partial charge is 0.356 e. The second-order valence-corrected chi connectivity index (χ2v) is 7.95. The molecule has 0 aliphatic carbocycles. The molecule has 7 heteroatoms. The Bertz CT molecular complexity index is 1280. The lowest BCUT2D eigenvalue weighted by Gasteiger charge is -2.26. The molecule has 5 rings (SSSR count). The van der Waals surface area contributed by atoms with Crippen molar-refractivity contribution < 1.29 is 9.32 Å². The maximum absolute atomic E-state index is 13.1. The second kappa shape index (κ2) is 7.22. The Morgan fingerprint density at radius 3 is 2.53 bits per heavy atom. The number of benzene rings is 2. The first kappa shape index (κ1) is 18.8. The lowest BCUT2D eigenvalue weighted by molar-refractivity contribution is 0.0731. The zero-order valence-corrected chi connectivity index (χ0v) is 17.4. The van der Waals surface area contributed by atoms with E-state index in [1.807, 2.05) is 56.3 Å². The second-order valence-electron chi connectivity index (χ2n) is 7.52. The Labute approximate surface area is 178 Å². The number of fused-ring (bicyclic) bond motifs is 2. The first-order chi connectivity index (χ1) is 14.5. The number of nitrogens with zero attached hydrogens (tertiary/aromatic N) is 4. The summed E-state index contributed by atoms with van der Waals surface area (Å²) >= 11 is 5.98. The van der Waals surface area contributed by atoms with E-state index in [9.17, 15) is 4.79 Å². The fourth-order valence-electron chi connectivity index (χ4n) is 3.78. The van der Waals surface area contributed by atoms with Crippen molar-refractivity contribution in [2.45, 2.75) is 26.8 Å². The summed E-state index contributed by atoms with van der Waals surface area (Å²) in [6.07, 6.45) is 0.689. The number of carbonyl (C=O) groups is 1. The van der Waals surface area contributed by atoms with Gasteiger partial charge in [-0.25, -0.2) is 9.97 Å². The fourth-order valence-corrected chi connectivity index (χ4v) is 3.90. The van der Waals surface area contributed by atoms with Crippen LogP contribution < -0.4 is 0 Å². The Balaban J connectivity index is 1.41. The van der Waals surface area contributed by atoms with E-state index in [2.05, 4.69) is 15.1 Å². The van der Waals surface area contributed by atoms with Gasteiger partial charge in [0.2, 0.25) is 0 Å². The number of aromatic nitrogens is 3. The van der Waals surface area contributed by atoms with Crippen LogP contribution in [-0.2, 0) is 13.0 Å². The number of hydrogen-bond donors (Lipinski definition) is 0. The van der Waals surface area contributed by atoms with E-state index >= 15 is 0 Å². The fraction of sp³-hybridized carbons (Fsp3) is 0.217. The van der Waals surface area contributed by atoms with Gasteiger partial charge in [-0.2, -0.15) is 0 Å². The maximum atomic E-state index is 13.1. The molecule has 0 bridgehead atoms. The summed E-state index contributed by atoms with van der Waals surface area (Å²) in [6, 6.07) is 13.0. The molecule has 1 aliphatic heterocycles. The Morgan fingerprint density at radius 2 is 1.77 bits per heavy atom. The Morgan fingerprint density at radius 1 is 1.03 bits per heavy atom.